The lowest BCUT2D eigenvalue weighted by molar-refractivity contribution is 0.551. The molecule has 1 aliphatic heterocycles. The van der Waals surface area contributed by atoms with Gasteiger partial charge in [-0.25, -0.2) is 4.98 Å². The maximum atomic E-state index is 4.74. The third-order valence-electron chi connectivity index (χ3n) is 3.48. The van der Waals surface area contributed by atoms with Gasteiger partial charge in [-0.1, -0.05) is 19.9 Å². The first kappa shape index (κ1) is 13.3. The SMILES string of the molecule is Cc1nc(N2CCCC2)ccc1CNCC(C)C. The van der Waals surface area contributed by atoms with Crippen LogP contribution < -0.4 is 10.2 Å². The average Bonchev–Trinajstić information content (AvgIpc) is 2.84. The van der Waals surface area contributed by atoms with E-state index in [9.17, 15) is 0 Å². The van der Waals surface area contributed by atoms with Crippen LogP contribution in [0.5, 0.6) is 0 Å². The molecule has 0 radical (unpaired) electrons. The van der Waals surface area contributed by atoms with Crippen LogP contribution in [0.25, 0.3) is 0 Å². The molecule has 1 aromatic rings. The Morgan fingerprint density at radius 1 is 1.28 bits per heavy atom. The Balaban J connectivity index is 1.96. The molecule has 2 rings (SSSR count). The van der Waals surface area contributed by atoms with Crippen LogP contribution in [-0.4, -0.2) is 24.6 Å². The molecule has 0 aromatic carbocycles. The van der Waals surface area contributed by atoms with Crippen LogP contribution in [0.1, 0.15) is 37.9 Å². The van der Waals surface area contributed by atoms with Gasteiger partial charge in [-0.15, -0.1) is 0 Å². The lowest BCUT2D eigenvalue weighted by Crippen LogP contribution is -2.21. The lowest BCUT2D eigenvalue weighted by atomic mass is 10.2. The third-order valence-corrected chi connectivity index (χ3v) is 3.48. The van der Waals surface area contributed by atoms with Crippen LogP contribution >= 0.6 is 0 Å². The summed E-state index contributed by atoms with van der Waals surface area (Å²) in [4.78, 5) is 7.13. The average molecular weight is 247 g/mol. The highest BCUT2D eigenvalue weighted by molar-refractivity contribution is 5.42. The van der Waals surface area contributed by atoms with Crippen LogP contribution in [0, 0.1) is 12.8 Å². The molecule has 1 N–H and O–H groups in total. The summed E-state index contributed by atoms with van der Waals surface area (Å²) < 4.78 is 0. The summed E-state index contributed by atoms with van der Waals surface area (Å²) >= 11 is 0. The first-order chi connectivity index (χ1) is 8.66. The molecule has 0 bridgehead atoms. The van der Waals surface area contributed by atoms with Gasteiger partial charge in [-0.3, -0.25) is 0 Å². The van der Waals surface area contributed by atoms with Gasteiger partial charge in [0.25, 0.3) is 0 Å². The van der Waals surface area contributed by atoms with E-state index in [1.807, 2.05) is 0 Å². The number of pyridine rings is 1. The normalized spacial score (nSPS) is 15.7. The molecule has 0 amide bonds. The maximum Gasteiger partial charge on any atom is 0.128 e. The quantitative estimate of drug-likeness (QED) is 0.867. The van der Waals surface area contributed by atoms with Crippen molar-refractivity contribution < 1.29 is 0 Å². The molecule has 1 aromatic heterocycles. The standard InChI is InChI=1S/C15H25N3/c1-12(2)10-16-11-14-6-7-15(17-13(14)3)18-8-4-5-9-18/h6-7,12,16H,4-5,8-11H2,1-3H3. The summed E-state index contributed by atoms with van der Waals surface area (Å²) in [6, 6.07) is 4.40. The fraction of sp³-hybridized carbons (Fsp3) is 0.667. The molecule has 3 heteroatoms. The predicted octanol–water partition coefficient (Wildman–Crippen LogP) is 2.74. The number of aromatic nitrogens is 1. The minimum atomic E-state index is 0.696. The van der Waals surface area contributed by atoms with Gasteiger partial charge in [-0.05, 0) is 43.9 Å². The fourth-order valence-electron chi connectivity index (χ4n) is 2.38. The van der Waals surface area contributed by atoms with Crippen molar-refractivity contribution in [1.29, 1.82) is 0 Å². The van der Waals surface area contributed by atoms with Crippen molar-refractivity contribution in [3.8, 4) is 0 Å². The molecule has 1 saturated heterocycles. The zero-order chi connectivity index (χ0) is 13.0. The highest BCUT2D eigenvalue weighted by atomic mass is 15.2. The molecule has 2 heterocycles. The molecule has 18 heavy (non-hydrogen) atoms. The Morgan fingerprint density at radius 2 is 2.00 bits per heavy atom. The number of rotatable bonds is 5. The Hall–Kier alpha value is -1.09. The Bertz CT molecular complexity index is 381. The van der Waals surface area contributed by atoms with E-state index in [0.29, 0.717) is 5.92 Å². The van der Waals surface area contributed by atoms with Gasteiger partial charge in [0.1, 0.15) is 5.82 Å². The summed E-state index contributed by atoms with van der Waals surface area (Å²) in [5.74, 6) is 1.85. The Labute approximate surface area is 111 Å². The van der Waals surface area contributed by atoms with Crippen LogP contribution in [0.4, 0.5) is 5.82 Å². The molecule has 0 atom stereocenters. The minimum absolute atomic E-state index is 0.696. The second-order valence-electron chi connectivity index (χ2n) is 5.63. The van der Waals surface area contributed by atoms with Gasteiger partial charge in [0.2, 0.25) is 0 Å². The van der Waals surface area contributed by atoms with E-state index in [-0.39, 0.29) is 0 Å². The van der Waals surface area contributed by atoms with E-state index in [4.69, 9.17) is 4.98 Å². The maximum absolute atomic E-state index is 4.74. The summed E-state index contributed by atoms with van der Waals surface area (Å²) in [7, 11) is 0. The molecule has 0 spiro atoms. The first-order valence-corrected chi connectivity index (χ1v) is 7.09. The largest absolute Gasteiger partial charge is 0.357 e. The molecular weight excluding hydrogens is 222 g/mol. The van der Waals surface area contributed by atoms with Gasteiger partial charge < -0.3 is 10.2 Å². The highest BCUT2D eigenvalue weighted by Gasteiger charge is 2.14. The van der Waals surface area contributed by atoms with E-state index < -0.39 is 0 Å². The lowest BCUT2D eigenvalue weighted by Gasteiger charge is -2.18. The fourth-order valence-corrected chi connectivity index (χ4v) is 2.38. The van der Waals surface area contributed by atoms with Crippen molar-refractivity contribution in [2.24, 2.45) is 5.92 Å². The van der Waals surface area contributed by atoms with E-state index >= 15 is 0 Å². The van der Waals surface area contributed by atoms with Gasteiger partial charge in [0.05, 0.1) is 0 Å². The molecule has 0 aliphatic carbocycles. The van der Waals surface area contributed by atoms with E-state index in [1.165, 1.54) is 18.4 Å². The molecular formula is C15H25N3. The Kier molecular flexibility index (Phi) is 4.59. The molecule has 3 nitrogen and oxygen atoms in total. The summed E-state index contributed by atoms with van der Waals surface area (Å²) in [6.07, 6.45) is 2.61. The van der Waals surface area contributed by atoms with E-state index in [1.54, 1.807) is 0 Å². The van der Waals surface area contributed by atoms with E-state index in [0.717, 1.165) is 37.7 Å². The zero-order valence-electron chi connectivity index (χ0n) is 11.9. The summed E-state index contributed by atoms with van der Waals surface area (Å²) in [6.45, 7) is 10.9. The molecule has 100 valence electrons. The molecule has 1 fully saturated rings. The van der Waals surface area contributed by atoms with Crippen molar-refractivity contribution in [3.63, 3.8) is 0 Å². The Morgan fingerprint density at radius 3 is 2.61 bits per heavy atom. The summed E-state index contributed by atoms with van der Waals surface area (Å²) in [5, 5.41) is 3.48. The number of hydrogen-bond acceptors (Lipinski definition) is 3. The van der Waals surface area contributed by atoms with Crippen molar-refractivity contribution in [1.82, 2.24) is 10.3 Å². The van der Waals surface area contributed by atoms with Crippen molar-refractivity contribution in [2.75, 3.05) is 24.5 Å². The number of anilines is 1. The van der Waals surface area contributed by atoms with Gasteiger partial charge in [-0.2, -0.15) is 0 Å². The number of hydrogen-bond donors (Lipinski definition) is 1. The van der Waals surface area contributed by atoms with Crippen LogP contribution in [-0.2, 0) is 6.54 Å². The van der Waals surface area contributed by atoms with Gasteiger partial charge >= 0.3 is 0 Å². The second-order valence-corrected chi connectivity index (χ2v) is 5.63. The number of aryl methyl sites for hydroxylation is 1. The zero-order valence-corrected chi connectivity index (χ0v) is 11.9. The second kappa shape index (κ2) is 6.19. The number of nitrogens with one attached hydrogen (secondary N) is 1. The molecule has 1 aliphatic rings. The molecule has 0 unspecified atom stereocenters. The van der Waals surface area contributed by atoms with Gasteiger partial charge in [0.15, 0.2) is 0 Å². The minimum Gasteiger partial charge on any atom is -0.357 e. The van der Waals surface area contributed by atoms with Crippen molar-refractivity contribution in [2.45, 2.75) is 40.2 Å². The monoisotopic (exact) mass is 247 g/mol. The predicted molar refractivity (Wildman–Crippen MR) is 77.0 cm³/mol. The number of nitrogens with zero attached hydrogens (tertiary/aromatic N) is 2. The van der Waals surface area contributed by atoms with Crippen LogP contribution in [0.15, 0.2) is 12.1 Å². The molecule has 0 saturated carbocycles. The first-order valence-electron chi connectivity index (χ1n) is 7.09. The summed E-state index contributed by atoms with van der Waals surface area (Å²) in [5.41, 5.74) is 2.48. The van der Waals surface area contributed by atoms with E-state index in [2.05, 4.69) is 43.1 Å². The van der Waals surface area contributed by atoms with Crippen molar-refractivity contribution in [3.05, 3.63) is 23.4 Å². The smallest absolute Gasteiger partial charge is 0.128 e. The third kappa shape index (κ3) is 3.45. The van der Waals surface area contributed by atoms with Crippen molar-refractivity contribution >= 4 is 5.82 Å². The highest BCUT2D eigenvalue weighted by Crippen LogP contribution is 2.19. The topological polar surface area (TPSA) is 28.2 Å². The van der Waals surface area contributed by atoms with Gasteiger partial charge in [0, 0.05) is 25.3 Å². The van der Waals surface area contributed by atoms with Crippen LogP contribution in [0.3, 0.4) is 0 Å². The van der Waals surface area contributed by atoms with Crippen LogP contribution in [0.2, 0.25) is 0 Å².